The number of nitrogens with zero attached hydrogens (tertiary/aromatic N) is 2. The average Bonchev–Trinajstić information content (AvgIpc) is 3.33. The number of carbonyl (C=O) groups excluding carboxylic acids is 4. The van der Waals surface area contributed by atoms with E-state index in [0.29, 0.717) is 68.3 Å². The Kier molecular flexibility index (Phi) is 8.04. The number of amides is 5. The Morgan fingerprint density at radius 1 is 0.972 bits per heavy atom. The van der Waals surface area contributed by atoms with E-state index in [1.807, 2.05) is 18.2 Å². The Labute approximate surface area is 210 Å². The number of nitrogens with one attached hydrogen (secondary N) is 3. The predicted molar refractivity (Wildman–Crippen MR) is 136 cm³/mol. The van der Waals surface area contributed by atoms with E-state index in [9.17, 15) is 19.2 Å². The summed E-state index contributed by atoms with van der Waals surface area (Å²) in [5.41, 5.74) is 1.78. The third-order valence-corrected chi connectivity index (χ3v) is 6.50. The van der Waals surface area contributed by atoms with Crippen molar-refractivity contribution < 1.29 is 23.9 Å². The number of carbonyl (C=O) groups is 4. The van der Waals surface area contributed by atoms with Crippen LogP contribution in [-0.4, -0.2) is 61.9 Å². The monoisotopic (exact) mass is 493 g/mol. The minimum Gasteiger partial charge on any atom is -0.495 e. The molecule has 36 heavy (non-hydrogen) atoms. The van der Waals surface area contributed by atoms with Crippen LogP contribution in [0.1, 0.15) is 25.7 Å². The maximum absolute atomic E-state index is 12.6. The fraction of sp³-hybridized carbons (Fsp3) is 0.385. The molecular formula is C26H31N5O5. The number of likely N-dealkylation sites (tertiary alicyclic amines) is 1. The van der Waals surface area contributed by atoms with Crippen LogP contribution in [0.25, 0.3) is 0 Å². The zero-order chi connectivity index (χ0) is 25.5. The molecule has 2 aliphatic rings. The van der Waals surface area contributed by atoms with Crippen molar-refractivity contribution in [2.24, 2.45) is 5.92 Å². The first-order valence-electron chi connectivity index (χ1n) is 12.1. The van der Waals surface area contributed by atoms with Crippen molar-refractivity contribution >= 4 is 40.8 Å². The molecule has 0 aromatic heterocycles. The van der Waals surface area contributed by atoms with Gasteiger partial charge in [-0.05, 0) is 55.5 Å². The Morgan fingerprint density at radius 3 is 2.47 bits per heavy atom. The fourth-order valence-electron chi connectivity index (χ4n) is 4.46. The molecule has 0 saturated carbocycles. The molecule has 4 rings (SSSR count). The lowest BCUT2D eigenvalue weighted by atomic mass is 9.97. The minimum absolute atomic E-state index is 0.0551. The lowest BCUT2D eigenvalue weighted by Gasteiger charge is -2.32. The van der Waals surface area contributed by atoms with Crippen molar-refractivity contribution in [1.82, 2.24) is 10.2 Å². The summed E-state index contributed by atoms with van der Waals surface area (Å²) in [4.78, 5) is 52.7. The molecule has 2 aromatic rings. The molecule has 0 spiro atoms. The van der Waals surface area contributed by atoms with Crippen molar-refractivity contribution in [1.29, 1.82) is 0 Å². The highest BCUT2D eigenvalue weighted by atomic mass is 16.5. The van der Waals surface area contributed by atoms with Crippen LogP contribution in [0, 0.1) is 5.92 Å². The number of rotatable bonds is 6. The van der Waals surface area contributed by atoms with Gasteiger partial charge < -0.3 is 30.5 Å². The third kappa shape index (κ3) is 6.12. The summed E-state index contributed by atoms with van der Waals surface area (Å²) < 4.78 is 5.27. The lowest BCUT2D eigenvalue weighted by molar-refractivity contribution is -0.136. The largest absolute Gasteiger partial charge is 0.495 e. The van der Waals surface area contributed by atoms with Gasteiger partial charge in [0.1, 0.15) is 5.75 Å². The van der Waals surface area contributed by atoms with Crippen molar-refractivity contribution in [2.75, 3.05) is 48.8 Å². The van der Waals surface area contributed by atoms with E-state index in [4.69, 9.17) is 4.74 Å². The van der Waals surface area contributed by atoms with Crippen LogP contribution in [-0.2, 0) is 14.4 Å². The summed E-state index contributed by atoms with van der Waals surface area (Å²) in [6.45, 7) is 2.11. The number of urea groups is 1. The molecule has 3 N–H and O–H groups in total. The van der Waals surface area contributed by atoms with Crippen LogP contribution in [0.15, 0.2) is 48.5 Å². The summed E-state index contributed by atoms with van der Waals surface area (Å²) >= 11 is 0. The van der Waals surface area contributed by atoms with Gasteiger partial charge in [0.05, 0.1) is 12.8 Å². The normalized spacial score (nSPS) is 16.0. The van der Waals surface area contributed by atoms with Gasteiger partial charge in [-0.3, -0.25) is 14.4 Å². The SMILES string of the molecule is COc1ccccc1NC(=O)N1CCC(CNC(=O)C(=O)Nc2cccc(N3CCCC3=O)c2)CC1. The summed E-state index contributed by atoms with van der Waals surface area (Å²) in [6, 6.07) is 14.0. The third-order valence-electron chi connectivity index (χ3n) is 6.50. The first-order chi connectivity index (χ1) is 17.4. The van der Waals surface area contributed by atoms with Gasteiger partial charge in [0.25, 0.3) is 0 Å². The number of anilines is 3. The number of hydrogen-bond acceptors (Lipinski definition) is 5. The second-order valence-electron chi connectivity index (χ2n) is 8.92. The van der Waals surface area contributed by atoms with Crippen molar-refractivity contribution in [3.05, 3.63) is 48.5 Å². The summed E-state index contributed by atoms with van der Waals surface area (Å²) in [5.74, 6) is -0.651. The second-order valence-corrected chi connectivity index (χ2v) is 8.92. The van der Waals surface area contributed by atoms with Gasteiger partial charge in [0, 0.05) is 44.0 Å². The summed E-state index contributed by atoms with van der Waals surface area (Å²) in [6.07, 6.45) is 2.76. The second kappa shape index (κ2) is 11.6. The highest BCUT2D eigenvalue weighted by Crippen LogP contribution is 2.25. The molecule has 2 aromatic carbocycles. The molecule has 0 radical (unpaired) electrons. The predicted octanol–water partition coefficient (Wildman–Crippen LogP) is 2.82. The maximum Gasteiger partial charge on any atom is 0.321 e. The fourth-order valence-corrected chi connectivity index (χ4v) is 4.46. The van der Waals surface area contributed by atoms with Gasteiger partial charge in [-0.15, -0.1) is 0 Å². The molecule has 10 nitrogen and oxygen atoms in total. The number of para-hydroxylation sites is 2. The number of hydrogen-bond donors (Lipinski definition) is 3. The van der Waals surface area contributed by atoms with Gasteiger partial charge >= 0.3 is 17.8 Å². The van der Waals surface area contributed by atoms with Crippen LogP contribution in [0.4, 0.5) is 21.9 Å². The molecule has 2 heterocycles. The molecule has 10 heteroatoms. The molecule has 2 saturated heterocycles. The maximum atomic E-state index is 12.6. The number of ether oxygens (including phenoxy) is 1. The van der Waals surface area contributed by atoms with E-state index in [2.05, 4.69) is 16.0 Å². The first-order valence-corrected chi connectivity index (χ1v) is 12.1. The standard InChI is InChI=1S/C26H31N5O5/c1-36-22-9-3-2-8-21(22)29-26(35)30-14-11-18(12-15-30)17-27-24(33)25(34)28-19-6-4-7-20(16-19)31-13-5-10-23(31)32/h2-4,6-9,16,18H,5,10-15,17H2,1H3,(H,27,33)(H,28,34)(H,29,35). The molecule has 2 fully saturated rings. The molecule has 2 aliphatic heterocycles. The van der Waals surface area contributed by atoms with Gasteiger partial charge in [-0.2, -0.15) is 0 Å². The molecule has 0 unspecified atom stereocenters. The molecule has 5 amide bonds. The van der Waals surface area contributed by atoms with Gasteiger partial charge in [0.2, 0.25) is 5.91 Å². The summed E-state index contributed by atoms with van der Waals surface area (Å²) in [7, 11) is 1.55. The molecule has 190 valence electrons. The van der Waals surface area contributed by atoms with Gasteiger partial charge in [-0.25, -0.2) is 4.79 Å². The molecular weight excluding hydrogens is 462 g/mol. The van der Waals surface area contributed by atoms with Gasteiger partial charge in [0.15, 0.2) is 0 Å². The highest BCUT2D eigenvalue weighted by Gasteiger charge is 2.25. The number of piperidine rings is 1. The Balaban J connectivity index is 1.20. The smallest absolute Gasteiger partial charge is 0.321 e. The quantitative estimate of drug-likeness (QED) is 0.535. The van der Waals surface area contributed by atoms with Crippen molar-refractivity contribution in [2.45, 2.75) is 25.7 Å². The van der Waals surface area contributed by atoms with Crippen LogP contribution in [0.5, 0.6) is 5.75 Å². The van der Waals surface area contributed by atoms with Crippen LogP contribution < -0.4 is 25.6 Å². The Hall–Kier alpha value is -4.08. The van der Waals surface area contributed by atoms with Crippen LogP contribution >= 0.6 is 0 Å². The van der Waals surface area contributed by atoms with Crippen LogP contribution in [0.3, 0.4) is 0 Å². The van der Waals surface area contributed by atoms with E-state index in [1.54, 1.807) is 47.2 Å². The number of benzene rings is 2. The summed E-state index contributed by atoms with van der Waals surface area (Å²) in [5, 5.41) is 8.18. The van der Waals surface area contributed by atoms with E-state index in [-0.39, 0.29) is 17.9 Å². The Bertz CT molecular complexity index is 1130. The van der Waals surface area contributed by atoms with Gasteiger partial charge in [-0.1, -0.05) is 18.2 Å². The van der Waals surface area contributed by atoms with E-state index in [0.717, 1.165) is 6.42 Å². The molecule has 0 bridgehead atoms. The van der Waals surface area contributed by atoms with Crippen LogP contribution in [0.2, 0.25) is 0 Å². The number of methoxy groups -OCH3 is 1. The van der Waals surface area contributed by atoms with E-state index in [1.165, 1.54) is 0 Å². The van der Waals surface area contributed by atoms with E-state index >= 15 is 0 Å². The Morgan fingerprint density at radius 2 is 1.75 bits per heavy atom. The van der Waals surface area contributed by atoms with Crippen molar-refractivity contribution in [3.8, 4) is 5.75 Å². The highest BCUT2D eigenvalue weighted by molar-refractivity contribution is 6.39. The molecule has 0 atom stereocenters. The zero-order valence-electron chi connectivity index (χ0n) is 20.3. The average molecular weight is 494 g/mol. The first kappa shape index (κ1) is 25.0. The van der Waals surface area contributed by atoms with Crippen molar-refractivity contribution in [3.63, 3.8) is 0 Å². The minimum atomic E-state index is -0.756. The lowest BCUT2D eigenvalue weighted by Crippen LogP contribution is -2.44. The topological polar surface area (TPSA) is 120 Å². The molecule has 0 aliphatic carbocycles. The van der Waals surface area contributed by atoms with E-state index < -0.39 is 11.8 Å². The zero-order valence-corrected chi connectivity index (χ0v) is 20.3.